The van der Waals surface area contributed by atoms with Gasteiger partial charge in [-0.2, -0.15) is 0 Å². The Kier molecular flexibility index (Phi) is 7.54. The van der Waals surface area contributed by atoms with Gasteiger partial charge in [-0.1, -0.05) is 60.7 Å². The normalized spacial score (nSPS) is 14.2. The molecule has 0 heterocycles. The van der Waals surface area contributed by atoms with E-state index < -0.39 is 5.60 Å². The first-order valence-corrected chi connectivity index (χ1v) is 8.83. The Bertz CT molecular complexity index is 684. The number of methoxy groups -OCH3 is 1. The molecule has 0 aromatic heterocycles. The van der Waals surface area contributed by atoms with Gasteiger partial charge in [0.25, 0.3) is 0 Å². The number of carbonyl (C=O) groups is 2. The molecule has 0 amide bonds. The van der Waals surface area contributed by atoms with E-state index in [-0.39, 0.29) is 24.9 Å². The Hall–Kier alpha value is -2.46. The molecule has 0 aliphatic carbocycles. The topological polar surface area (TPSA) is 52.6 Å². The molecule has 0 aliphatic rings. The number of hydrogen-bond acceptors (Lipinski definition) is 4. The zero-order valence-corrected chi connectivity index (χ0v) is 15.4. The SMILES string of the molecule is COC(=O)CC[C@](C)(CC=O)O[C@H](Cc1ccccc1)c1ccccc1. The monoisotopic (exact) mass is 354 g/mol. The van der Waals surface area contributed by atoms with Gasteiger partial charge in [0.2, 0.25) is 0 Å². The number of rotatable bonds is 10. The molecule has 0 saturated heterocycles. The first kappa shape index (κ1) is 19.9. The fourth-order valence-electron chi connectivity index (χ4n) is 2.92. The Morgan fingerprint density at radius 2 is 1.69 bits per heavy atom. The summed E-state index contributed by atoms with van der Waals surface area (Å²) in [6, 6.07) is 20.1. The Morgan fingerprint density at radius 1 is 1.08 bits per heavy atom. The fraction of sp³-hybridized carbons (Fsp3) is 0.364. The van der Waals surface area contributed by atoms with E-state index in [4.69, 9.17) is 9.47 Å². The average Bonchev–Trinajstić information content (AvgIpc) is 2.67. The van der Waals surface area contributed by atoms with E-state index in [1.165, 1.54) is 7.11 Å². The molecule has 0 spiro atoms. The van der Waals surface area contributed by atoms with Gasteiger partial charge in [-0.05, 0) is 24.5 Å². The van der Waals surface area contributed by atoms with Crippen LogP contribution in [-0.4, -0.2) is 25.0 Å². The van der Waals surface area contributed by atoms with Gasteiger partial charge < -0.3 is 14.3 Å². The molecule has 0 saturated carbocycles. The summed E-state index contributed by atoms with van der Waals surface area (Å²) in [5, 5.41) is 0. The number of aldehydes is 1. The van der Waals surface area contributed by atoms with Crippen LogP contribution < -0.4 is 0 Å². The van der Waals surface area contributed by atoms with Crippen LogP contribution in [0.25, 0.3) is 0 Å². The second-order valence-electron chi connectivity index (χ2n) is 6.60. The summed E-state index contributed by atoms with van der Waals surface area (Å²) in [5.41, 5.74) is 1.47. The standard InChI is InChI=1S/C22H26O4/c1-22(15-16-23,14-13-21(24)25-2)26-20(19-11-7-4-8-12-19)17-18-9-5-3-6-10-18/h3-12,16,20H,13-15,17H2,1-2H3/t20-,22-/m1/s1. The molecule has 0 bridgehead atoms. The highest BCUT2D eigenvalue weighted by Gasteiger charge is 2.30. The molecule has 4 heteroatoms. The Balaban J connectivity index is 2.21. The molecule has 26 heavy (non-hydrogen) atoms. The second kappa shape index (κ2) is 9.88. The summed E-state index contributed by atoms with van der Waals surface area (Å²) in [4.78, 5) is 22.8. The fourth-order valence-corrected chi connectivity index (χ4v) is 2.92. The lowest BCUT2D eigenvalue weighted by Gasteiger charge is -2.33. The van der Waals surface area contributed by atoms with Crippen LogP contribution in [-0.2, 0) is 25.5 Å². The lowest BCUT2D eigenvalue weighted by Crippen LogP contribution is -2.33. The van der Waals surface area contributed by atoms with Gasteiger partial charge >= 0.3 is 5.97 Å². The van der Waals surface area contributed by atoms with Crippen molar-refractivity contribution in [3.05, 3.63) is 71.8 Å². The number of carbonyl (C=O) groups excluding carboxylic acids is 2. The minimum absolute atomic E-state index is 0.207. The van der Waals surface area contributed by atoms with Crippen LogP contribution in [0, 0.1) is 0 Å². The summed E-state index contributed by atoms with van der Waals surface area (Å²) in [5.74, 6) is -0.301. The third-order valence-electron chi connectivity index (χ3n) is 4.46. The van der Waals surface area contributed by atoms with Crippen molar-refractivity contribution in [2.75, 3.05) is 7.11 Å². The van der Waals surface area contributed by atoms with Crippen molar-refractivity contribution in [2.45, 2.75) is 44.3 Å². The number of hydrogen-bond donors (Lipinski definition) is 0. The van der Waals surface area contributed by atoms with Crippen molar-refractivity contribution in [1.82, 2.24) is 0 Å². The van der Waals surface area contributed by atoms with Crippen LogP contribution in [0.3, 0.4) is 0 Å². The summed E-state index contributed by atoms with van der Waals surface area (Å²) >= 11 is 0. The van der Waals surface area contributed by atoms with Crippen LogP contribution in [0.4, 0.5) is 0 Å². The largest absolute Gasteiger partial charge is 0.469 e. The van der Waals surface area contributed by atoms with Gasteiger partial charge in [0.05, 0.1) is 18.8 Å². The maximum atomic E-state index is 11.5. The van der Waals surface area contributed by atoms with Gasteiger partial charge in [-0.25, -0.2) is 0 Å². The predicted molar refractivity (Wildman–Crippen MR) is 101 cm³/mol. The third kappa shape index (κ3) is 6.12. The highest BCUT2D eigenvalue weighted by molar-refractivity contribution is 5.69. The molecule has 0 unspecified atom stereocenters. The van der Waals surface area contributed by atoms with Gasteiger partial charge in [-0.3, -0.25) is 4.79 Å². The number of ether oxygens (including phenoxy) is 2. The number of benzene rings is 2. The summed E-state index contributed by atoms with van der Waals surface area (Å²) in [6.07, 6.45) is 2.20. The highest BCUT2D eigenvalue weighted by atomic mass is 16.5. The van der Waals surface area contributed by atoms with E-state index in [0.717, 1.165) is 17.4 Å². The molecule has 0 fully saturated rings. The molecule has 0 N–H and O–H groups in total. The molecule has 4 nitrogen and oxygen atoms in total. The van der Waals surface area contributed by atoms with Crippen LogP contribution >= 0.6 is 0 Å². The van der Waals surface area contributed by atoms with Crippen LogP contribution in [0.15, 0.2) is 60.7 Å². The zero-order chi connectivity index (χ0) is 18.8. The average molecular weight is 354 g/mol. The predicted octanol–water partition coefficient (Wildman–Crippen LogP) is 4.29. The first-order valence-electron chi connectivity index (χ1n) is 8.83. The van der Waals surface area contributed by atoms with E-state index >= 15 is 0 Å². The molecule has 138 valence electrons. The number of esters is 1. The van der Waals surface area contributed by atoms with E-state index in [1.807, 2.05) is 55.5 Å². The quantitative estimate of drug-likeness (QED) is 0.472. The van der Waals surface area contributed by atoms with Crippen LogP contribution in [0.1, 0.15) is 43.4 Å². The van der Waals surface area contributed by atoms with Crippen molar-refractivity contribution in [3.8, 4) is 0 Å². The molecule has 0 radical (unpaired) electrons. The van der Waals surface area contributed by atoms with Gasteiger partial charge in [0.1, 0.15) is 6.29 Å². The molecule has 2 atom stereocenters. The van der Waals surface area contributed by atoms with Crippen molar-refractivity contribution in [1.29, 1.82) is 0 Å². The smallest absolute Gasteiger partial charge is 0.305 e. The molecule has 2 aromatic rings. The summed E-state index contributed by atoms with van der Waals surface area (Å²) < 4.78 is 11.2. The Labute approximate surface area is 155 Å². The van der Waals surface area contributed by atoms with Gasteiger partial charge in [0.15, 0.2) is 0 Å². The molecular formula is C22H26O4. The lowest BCUT2D eigenvalue weighted by atomic mass is 9.94. The molecule has 0 aliphatic heterocycles. The van der Waals surface area contributed by atoms with Crippen LogP contribution in [0.5, 0.6) is 0 Å². The summed E-state index contributed by atoms with van der Waals surface area (Å²) in [6.45, 7) is 1.88. The van der Waals surface area contributed by atoms with E-state index in [1.54, 1.807) is 0 Å². The molecular weight excluding hydrogens is 328 g/mol. The van der Waals surface area contributed by atoms with Crippen molar-refractivity contribution in [3.63, 3.8) is 0 Å². The first-order chi connectivity index (χ1) is 12.6. The Morgan fingerprint density at radius 3 is 2.27 bits per heavy atom. The minimum atomic E-state index is -0.731. The molecule has 2 aromatic carbocycles. The maximum Gasteiger partial charge on any atom is 0.305 e. The van der Waals surface area contributed by atoms with Gasteiger partial charge in [0, 0.05) is 19.3 Å². The third-order valence-corrected chi connectivity index (χ3v) is 4.46. The van der Waals surface area contributed by atoms with Crippen molar-refractivity contribution >= 4 is 12.3 Å². The zero-order valence-electron chi connectivity index (χ0n) is 15.4. The van der Waals surface area contributed by atoms with E-state index in [2.05, 4.69) is 12.1 Å². The highest BCUT2D eigenvalue weighted by Crippen LogP contribution is 2.32. The van der Waals surface area contributed by atoms with Crippen LogP contribution in [0.2, 0.25) is 0 Å². The maximum absolute atomic E-state index is 11.5. The lowest BCUT2D eigenvalue weighted by molar-refractivity contribution is -0.145. The van der Waals surface area contributed by atoms with Gasteiger partial charge in [-0.15, -0.1) is 0 Å². The summed E-state index contributed by atoms with van der Waals surface area (Å²) in [7, 11) is 1.36. The van der Waals surface area contributed by atoms with Crippen molar-refractivity contribution < 1.29 is 19.1 Å². The molecule has 2 rings (SSSR count). The second-order valence-corrected chi connectivity index (χ2v) is 6.60. The van der Waals surface area contributed by atoms with E-state index in [9.17, 15) is 9.59 Å². The van der Waals surface area contributed by atoms with Crippen molar-refractivity contribution in [2.24, 2.45) is 0 Å². The minimum Gasteiger partial charge on any atom is -0.469 e. The van der Waals surface area contributed by atoms with E-state index in [0.29, 0.717) is 12.8 Å².